The van der Waals surface area contributed by atoms with E-state index in [2.05, 4.69) is 10.9 Å². The van der Waals surface area contributed by atoms with E-state index in [0.717, 1.165) is 0 Å². The molecule has 1 aliphatic rings. The van der Waals surface area contributed by atoms with Crippen molar-refractivity contribution in [3.05, 3.63) is 22.8 Å². The number of alkyl halides is 3. The van der Waals surface area contributed by atoms with Crippen LogP contribution in [0.1, 0.15) is 13.8 Å². The SMILES string of the molecule is CC1=CC(N=C=O)C#CC(C(F)(F)F)=C1C. The molecule has 0 bridgehead atoms. The van der Waals surface area contributed by atoms with E-state index < -0.39 is 17.8 Å². The number of nitrogens with zero attached hydrogens (tertiary/aromatic N) is 1. The summed E-state index contributed by atoms with van der Waals surface area (Å²) in [5.41, 5.74) is -0.428. The molecule has 0 aromatic carbocycles. The third-order valence-electron chi connectivity index (χ3n) is 2.19. The summed E-state index contributed by atoms with van der Waals surface area (Å²) in [6.45, 7) is 2.86. The highest BCUT2D eigenvalue weighted by molar-refractivity contribution is 5.50. The molecule has 5 heteroatoms. The lowest BCUT2D eigenvalue weighted by Crippen LogP contribution is -2.12. The zero-order chi connectivity index (χ0) is 12.3. The van der Waals surface area contributed by atoms with E-state index in [9.17, 15) is 18.0 Å². The van der Waals surface area contributed by atoms with Gasteiger partial charge in [-0.3, -0.25) is 0 Å². The van der Waals surface area contributed by atoms with Gasteiger partial charge in [0.05, 0.1) is 0 Å². The fraction of sp³-hybridized carbons (Fsp3) is 0.364. The Morgan fingerprint density at radius 3 is 2.56 bits per heavy atom. The molecule has 0 spiro atoms. The van der Waals surface area contributed by atoms with Gasteiger partial charge < -0.3 is 0 Å². The molecule has 0 aromatic rings. The quantitative estimate of drug-likeness (QED) is 0.384. The first-order valence-corrected chi connectivity index (χ1v) is 4.41. The molecule has 0 fully saturated rings. The molecule has 0 aliphatic heterocycles. The van der Waals surface area contributed by atoms with E-state index >= 15 is 0 Å². The molecule has 0 aromatic heterocycles. The van der Waals surface area contributed by atoms with Crippen LogP contribution in [0.3, 0.4) is 0 Å². The Labute approximate surface area is 90.6 Å². The second-order valence-corrected chi connectivity index (χ2v) is 3.28. The monoisotopic (exact) mass is 227 g/mol. The van der Waals surface area contributed by atoms with Gasteiger partial charge in [0, 0.05) is 0 Å². The van der Waals surface area contributed by atoms with Gasteiger partial charge in [0.2, 0.25) is 6.08 Å². The van der Waals surface area contributed by atoms with Crippen molar-refractivity contribution in [2.24, 2.45) is 4.99 Å². The normalized spacial score (nSPS) is 20.3. The van der Waals surface area contributed by atoms with Crippen molar-refractivity contribution in [3.63, 3.8) is 0 Å². The van der Waals surface area contributed by atoms with Crippen molar-refractivity contribution in [3.8, 4) is 11.8 Å². The standard InChI is InChI=1S/C11H8F3NO/c1-7-5-9(15-6-16)3-4-10(8(7)2)11(12,13)14/h5,9H,1-2H3. The average Bonchev–Trinajstić information content (AvgIpc) is 2.27. The van der Waals surface area contributed by atoms with Crippen molar-refractivity contribution in [2.75, 3.05) is 0 Å². The number of hydrogen-bond acceptors (Lipinski definition) is 2. The van der Waals surface area contributed by atoms with Crippen molar-refractivity contribution in [1.29, 1.82) is 0 Å². The fourth-order valence-electron chi connectivity index (χ4n) is 1.25. The first-order valence-electron chi connectivity index (χ1n) is 4.41. The maximum absolute atomic E-state index is 12.6. The minimum atomic E-state index is -4.48. The van der Waals surface area contributed by atoms with Gasteiger partial charge in [0.25, 0.3) is 0 Å². The number of allylic oxidation sites excluding steroid dienone is 3. The zero-order valence-electron chi connectivity index (χ0n) is 8.64. The Morgan fingerprint density at radius 1 is 1.44 bits per heavy atom. The molecule has 0 saturated heterocycles. The largest absolute Gasteiger partial charge is 0.424 e. The molecular formula is C11H8F3NO. The van der Waals surface area contributed by atoms with E-state index in [0.29, 0.717) is 5.57 Å². The van der Waals surface area contributed by atoms with Crippen LogP contribution in [0.4, 0.5) is 13.2 Å². The van der Waals surface area contributed by atoms with E-state index in [1.165, 1.54) is 26.0 Å². The van der Waals surface area contributed by atoms with E-state index in [4.69, 9.17) is 0 Å². The summed E-state index contributed by atoms with van der Waals surface area (Å²) in [6.07, 6.45) is -1.79. The van der Waals surface area contributed by atoms with Gasteiger partial charge in [-0.15, -0.1) is 0 Å². The highest BCUT2D eigenvalue weighted by Gasteiger charge is 2.35. The summed E-state index contributed by atoms with van der Waals surface area (Å²) >= 11 is 0. The number of carbonyl (C=O) groups excluding carboxylic acids is 1. The number of aliphatic imine (C=N–C) groups is 1. The molecular weight excluding hydrogens is 219 g/mol. The summed E-state index contributed by atoms with van der Waals surface area (Å²) in [4.78, 5) is 13.3. The third-order valence-corrected chi connectivity index (χ3v) is 2.19. The molecule has 1 rings (SSSR count). The average molecular weight is 227 g/mol. The minimum Gasteiger partial charge on any atom is -0.211 e. The van der Waals surface area contributed by atoms with Gasteiger partial charge in [-0.25, -0.2) is 4.79 Å². The van der Waals surface area contributed by atoms with Gasteiger partial charge in [0.1, 0.15) is 11.6 Å². The molecule has 0 amide bonds. The second-order valence-electron chi connectivity index (χ2n) is 3.28. The number of halogens is 3. The van der Waals surface area contributed by atoms with Crippen LogP contribution in [-0.2, 0) is 4.79 Å². The Morgan fingerprint density at radius 2 is 2.06 bits per heavy atom. The summed E-state index contributed by atoms with van der Waals surface area (Å²) < 4.78 is 37.7. The first-order chi connectivity index (χ1) is 7.36. The first kappa shape index (κ1) is 12.3. The summed E-state index contributed by atoms with van der Waals surface area (Å²) in [5.74, 6) is 4.28. The van der Waals surface area contributed by atoms with Crippen molar-refractivity contribution < 1.29 is 18.0 Å². The molecule has 0 saturated carbocycles. The zero-order valence-corrected chi connectivity index (χ0v) is 8.64. The molecule has 0 radical (unpaired) electrons. The minimum absolute atomic E-state index is 0.0589. The maximum atomic E-state index is 12.6. The number of hydrogen-bond donors (Lipinski definition) is 0. The summed E-state index contributed by atoms with van der Waals surface area (Å²) in [6, 6.07) is -0.854. The Balaban J connectivity index is 3.29. The van der Waals surface area contributed by atoms with Gasteiger partial charge in [0.15, 0.2) is 0 Å². The van der Waals surface area contributed by atoms with Crippen molar-refractivity contribution in [2.45, 2.75) is 26.1 Å². The highest BCUT2D eigenvalue weighted by atomic mass is 19.4. The maximum Gasteiger partial charge on any atom is 0.424 e. The van der Waals surface area contributed by atoms with Crippen LogP contribution in [0, 0.1) is 11.8 Å². The van der Waals surface area contributed by atoms with Crippen molar-refractivity contribution in [1.82, 2.24) is 0 Å². The van der Waals surface area contributed by atoms with Gasteiger partial charge in [-0.2, -0.15) is 18.2 Å². The number of isocyanates is 1. The topological polar surface area (TPSA) is 29.4 Å². The van der Waals surface area contributed by atoms with Crippen LogP contribution in [0.15, 0.2) is 27.8 Å². The Kier molecular flexibility index (Phi) is 3.36. The number of rotatable bonds is 1. The summed E-state index contributed by atoms with van der Waals surface area (Å²) in [5, 5.41) is 0. The van der Waals surface area contributed by atoms with Crippen LogP contribution in [-0.4, -0.2) is 18.3 Å². The van der Waals surface area contributed by atoms with E-state index in [-0.39, 0.29) is 5.57 Å². The van der Waals surface area contributed by atoms with Crippen LogP contribution in [0.2, 0.25) is 0 Å². The molecule has 84 valence electrons. The molecule has 0 heterocycles. The predicted octanol–water partition coefficient (Wildman–Crippen LogP) is 2.53. The van der Waals surface area contributed by atoms with Crippen molar-refractivity contribution >= 4 is 6.08 Å². The van der Waals surface area contributed by atoms with Gasteiger partial charge >= 0.3 is 6.18 Å². The fourth-order valence-corrected chi connectivity index (χ4v) is 1.25. The van der Waals surface area contributed by atoms with Crippen LogP contribution < -0.4 is 0 Å². The smallest absolute Gasteiger partial charge is 0.211 e. The van der Waals surface area contributed by atoms with E-state index in [1.54, 1.807) is 0 Å². The predicted molar refractivity (Wildman–Crippen MR) is 52.2 cm³/mol. The molecule has 1 atom stereocenters. The second kappa shape index (κ2) is 4.38. The van der Waals surface area contributed by atoms with Crippen LogP contribution >= 0.6 is 0 Å². The lowest BCUT2D eigenvalue weighted by atomic mass is 10.0. The van der Waals surface area contributed by atoms with E-state index in [1.807, 2.05) is 5.92 Å². The lowest BCUT2D eigenvalue weighted by molar-refractivity contribution is -0.0878. The lowest BCUT2D eigenvalue weighted by Gasteiger charge is -2.09. The molecule has 16 heavy (non-hydrogen) atoms. The molecule has 0 N–H and O–H groups in total. The molecule has 2 nitrogen and oxygen atoms in total. The van der Waals surface area contributed by atoms with Crippen LogP contribution in [0.25, 0.3) is 0 Å². The third kappa shape index (κ3) is 2.62. The Hall–Kier alpha value is -1.79. The van der Waals surface area contributed by atoms with Crippen LogP contribution in [0.5, 0.6) is 0 Å². The molecule has 1 unspecified atom stereocenters. The highest BCUT2D eigenvalue weighted by Crippen LogP contribution is 2.31. The van der Waals surface area contributed by atoms with Gasteiger partial charge in [-0.05, 0) is 31.1 Å². The molecule has 1 aliphatic carbocycles. The van der Waals surface area contributed by atoms with Gasteiger partial charge in [-0.1, -0.05) is 11.8 Å². The summed E-state index contributed by atoms with van der Waals surface area (Å²) in [7, 11) is 0. The Bertz CT molecular complexity index is 468.